The first-order valence-corrected chi connectivity index (χ1v) is 15.9. The molecular weight excluding hydrogens is 593 g/mol. The average molecular weight is 643 g/mol. The van der Waals surface area contributed by atoms with Gasteiger partial charge in [-0.2, -0.15) is 13.5 Å². The molecule has 244 valence electrons. The van der Waals surface area contributed by atoms with Gasteiger partial charge in [0.2, 0.25) is 5.78 Å². The van der Waals surface area contributed by atoms with Crippen LogP contribution in [0.25, 0.3) is 22.9 Å². The molecule has 0 aliphatic heterocycles. The molecule has 1 aliphatic carbocycles. The summed E-state index contributed by atoms with van der Waals surface area (Å²) in [4.78, 5) is 22.3. The Morgan fingerprint density at radius 2 is 1.32 bits per heavy atom. The molecule has 0 bridgehead atoms. The van der Waals surface area contributed by atoms with Crippen molar-refractivity contribution in [3.8, 4) is 24.2 Å². The number of hydrogen-bond donors (Lipinski definition) is 0. The number of ketones is 2. The van der Waals surface area contributed by atoms with Crippen molar-refractivity contribution in [2.75, 3.05) is 0 Å². The number of unbranched alkanes of at least 4 members (excludes halogenated alkanes) is 4. The Balaban J connectivity index is 0.000000348. The van der Waals surface area contributed by atoms with E-state index in [1.165, 1.54) is 41.0 Å². The lowest BCUT2D eigenvalue weighted by Gasteiger charge is -2.10. The number of fused-ring (bicyclic) bond motifs is 2. The molecule has 0 saturated heterocycles. The van der Waals surface area contributed by atoms with Gasteiger partial charge in [0.1, 0.15) is 0 Å². The van der Waals surface area contributed by atoms with Crippen LogP contribution in [0, 0.1) is 24.2 Å². The fourth-order valence-corrected chi connectivity index (χ4v) is 5.20. The van der Waals surface area contributed by atoms with Crippen LogP contribution in [-0.4, -0.2) is 11.6 Å². The second kappa shape index (κ2) is 23.7. The van der Waals surface area contributed by atoms with Crippen molar-refractivity contribution in [3.05, 3.63) is 131 Å². The first kappa shape index (κ1) is 40.5. The molecule has 0 radical (unpaired) electrons. The minimum atomic E-state index is -0.0557. The van der Waals surface area contributed by atoms with Gasteiger partial charge in [-0.15, -0.1) is 12.3 Å². The highest BCUT2D eigenvalue weighted by Gasteiger charge is 2.19. The van der Waals surface area contributed by atoms with Gasteiger partial charge in [0.15, 0.2) is 5.78 Å². The van der Waals surface area contributed by atoms with E-state index in [1.807, 2.05) is 48.5 Å². The van der Waals surface area contributed by atoms with E-state index in [0.29, 0.717) is 0 Å². The number of Topliss-reactive ketones (excluding diaryl/α,β-unsaturated/α-hetero) is 2. The van der Waals surface area contributed by atoms with E-state index in [4.69, 9.17) is 6.42 Å². The molecule has 4 aromatic carbocycles. The first-order valence-electron chi connectivity index (χ1n) is 15.9. The zero-order valence-corrected chi connectivity index (χ0v) is 28.2. The van der Waals surface area contributed by atoms with E-state index >= 15 is 0 Å². The van der Waals surface area contributed by atoms with E-state index in [-0.39, 0.29) is 32.5 Å². The zero-order chi connectivity index (χ0) is 32.1. The highest BCUT2D eigenvalue weighted by atomic mass is 32.1. The summed E-state index contributed by atoms with van der Waals surface area (Å²) in [5.41, 5.74) is 6.11. The monoisotopic (exact) mass is 642 g/mol. The van der Waals surface area contributed by atoms with Crippen LogP contribution in [0.4, 0.5) is 0 Å². The highest BCUT2D eigenvalue weighted by molar-refractivity contribution is 7.59. The lowest BCUT2D eigenvalue weighted by atomic mass is 9.93. The van der Waals surface area contributed by atoms with Gasteiger partial charge in [0, 0.05) is 25.3 Å². The van der Waals surface area contributed by atoms with E-state index in [9.17, 15) is 9.59 Å². The molecule has 5 rings (SSSR count). The maximum Gasteiger partial charge on any atom is 0.202 e. The summed E-state index contributed by atoms with van der Waals surface area (Å²) in [6, 6.07) is 31.0. The van der Waals surface area contributed by atoms with Crippen LogP contribution in [0.15, 0.2) is 103 Å². The number of allylic oxidation sites excluding steroid dienone is 2. The van der Waals surface area contributed by atoms with Gasteiger partial charge < -0.3 is 0 Å². The quantitative estimate of drug-likeness (QED) is 0.0788. The number of carbonyl (C=O) groups is 2. The minimum absolute atomic E-state index is 0. The number of carbonyl (C=O) groups excluding carboxylic acids is 2. The first-order chi connectivity index (χ1) is 22.0. The standard InChI is InChI=1S/C15H14O.C15H16O.C13H14.CH4.H2S/c1-10(16)15-13-7-3-2-5-11(13)9-12-6-4-8-14(12)15;1-14(16)10-6-3-2-4-7-11-15-12-8-5-9-13-15;1-2-3-4-5-7-10-13-11-8-6-9-12-13;;/h2-3,5,7,9H,4,6,8H2,1H3;5,7-9,11-13H,2-4H2,1H3;1,6-12H,3-5H2;1H4;1H2/b;11-7+;10-7+;;. The van der Waals surface area contributed by atoms with Crippen LogP contribution in [-0.2, 0) is 17.6 Å². The number of benzene rings is 4. The van der Waals surface area contributed by atoms with Crippen LogP contribution >= 0.6 is 13.5 Å². The molecule has 0 aromatic heterocycles. The van der Waals surface area contributed by atoms with Crippen LogP contribution in [0.3, 0.4) is 0 Å². The topological polar surface area (TPSA) is 34.1 Å². The van der Waals surface area contributed by atoms with Gasteiger partial charge in [-0.05, 0) is 90.8 Å². The Labute approximate surface area is 290 Å². The molecule has 0 atom stereocenters. The highest BCUT2D eigenvalue weighted by Crippen LogP contribution is 2.32. The van der Waals surface area contributed by atoms with Gasteiger partial charge in [0.05, 0.1) is 0 Å². The zero-order valence-electron chi connectivity index (χ0n) is 27.2. The number of rotatable bonds is 9. The molecule has 0 amide bonds. The molecule has 2 nitrogen and oxygen atoms in total. The van der Waals surface area contributed by atoms with E-state index < -0.39 is 0 Å². The minimum Gasteiger partial charge on any atom is -0.294 e. The Morgan fingerprint density at radius 1 is 0.766 bits per heavy atom. The summed E-state index contributed by atoms with van der Waals surface area (Å²) in [6.07, 6.45) is 22.9. The van der Waals surface area contributed by atoms with Gasteiger partial charge >= 0.3 is 0 Å². The van der Waals surface area contributed by atoms with Gasteiger partial charge in [0.25, 0.3) is 0 Å². The molecule has 47 heavy (non-hydrogen) atoms. The summed E-state index contributed by atoms with van der Waals surface area (Å²) in [5.74, 6) is 8.17. The lowest BCUT2D eigenvalue weighted by molar-refractivity contribution is -0.111. The van der Waals surface area contributed by atoms with Gasteiger partial charge in [-0.3, -0.25) is 9.59 Å². The largest absolute Gasteiger partial charge is 0.294 e. The number of aryl methyl sites for hydroxylation is 1. The fourth-order valence-electron chi connectivity index (χ4n) is 5.20. The fraction of sp³-hybridized carbons (Fsp3) is 0.273. The van der Waals surface area contributed by atoms with E-state index in [1.54, 1.807) is 6.92 Å². The summed E-state index contributed by atoms with van der Waals surface area (Å²) >= 11 is 0. The van der Waals surface area contributed by atoms with Crippen LogP contribution in [0.2, 0.25) is 0 Å². The van der Waals surface area contributed by atoms with E-state index in [0.717, 1.165) is 62.3 Å². The molecule has 0 heterocycles. The third-order valence-corrected chi connectivity index (χ3v) is 7.32. The van der Waals surface area contributed by atoms with Crippen molar-refractivity contribution in [3.63, 3.8) is 0 Å². The van der Waals surface area contributed by atoms with Crippen LogP contribution in [0.5, 0.6) is 0 Å². The summed E-state index contributed by atoms with van der Waals surface area (Å²) in [7, 11) is 0. The second-order valence-electron chi connectivity index (χ2n) is 11.0. The maximum atomic E-state index is 11.8. The Bertz CT molecular complexity index is 1680. The van der Waals surface area contributed by atoms with Crippen molar-refractivity contribution in [1.82, 2.24) is 0 Å². The average Bonchev–Trinajstić information content (AvgIpc) is 3.52. The second-order valence-corrected chi connectivity index (χ2v) is 11.0. The lowest BCUT2D eigenvalue weighted by Crippen LogP contribution is -2.00. The molecule has 0 saturated carbocycles. The summed E-state index contributed by atoms with van der Waals surface area (Å²) in [6.45, 7) is 3.17. The molecule has 0 spiro atoms. The Kier molecular flexibility index (Phi) is 20.4. The van der Waals surface area contributed by atoms with Crippen molar-refractivity contribution < 1.29 is 9.59 Å². The van der Waals surface area contributed by atoms with E-state index in [2.05, 4.69) is 84.5 Å². The van der Waals surface area contributed by atoms with Crippen molar-refractivity contribution in [1.29, 1.82) is 0 Å². The van der Waals surface area contributed by atoms with Crippen molar-refractivity contribution in [2.45, 2.75) is 79.1 Å². The Morgan fingerprint density at radius 3 is 1.87 bits per heavy atom. The molecule has 0 N–H and O–H groups in total. The third kappa shape index (κ3) is 15.0. The predicted molar refractivity (Wildman–Crippen MR) is 209 cm³/mol. The summed E-state index contributed by atoms with van der Waals surface area (Å²) < 4.78 is 0. The molecule has 0 fully saturated rings. The molecular formula is C44H50O2S. The third-order valence-electron chi connectivity index (χ3n) is 7.32. The smallest absolute Gasteiger partial charge is 0.202 e. The van der Waals surface area contributed by atoms with Crippen molar-refractivity contribution in [2.24, 2.45) is 0 Å². The van der Waals surface area contributed by atoms with Crippen LogP contribution in [0.1, 0.15) is 98.8 Å². The molecule has 3 heteroatoms. The Hall–Kier alpha value is -4.57. The number of hydrogen-bond acceptors (Lipinski definition) is 2. The summed E-state index contributed by atoms with van der Waals surface area (Å²) in [5, 5.41) is 2.32. The normalized spacial score (nSPS) is 10.9. The molecule has 1 aliphatic rings. The van der Waals surface area contributed by atoms with Crippen molar-refractivity contribution >= 4 is 48.0 Å². The molecule has 4 aromatic rings. The molecule has 0 unspecified atom stereocenters. The number of terminal acetylenes is 1. The van der Waals surface area contributed by atoms with Gasteiger partial charge in [-0.1, -0.05) is 129 Å². The van der Waals surface area contributed by atoms with Gasteiger partial charge in [-0.25, -0.2) is 0 Å². The van der Waals surface area contributed by atoms with Crippen LogP contribution < -0.4 is 0 Å². The predicted octanol–water partition coefficient (Wildman–Crippen LogP) is 11.2. The maximum absolute atomic E-state index is 11.8. The SMILES string of the molecule is C.C#CCCC/C=C/c1ccccc1.CC(=O)C#CCCC/C=C/c1ccccc1.CC(=O)c1c2c(cc3ccccc13)CCC2.S.